The quantitative estimate of drug-likeness (QED) is 0.628. The lowest BCUT2D eigenvalue weighted by atomic mass is 9.89. The maximum atomic E-state index is 11.0. The van der Waals surface area contributed by atoms with Crippen molar-refractivity contribution in [2.24, 2.45) is 5.73 Å². The van der Waals surface area contributed by atoms with Gasteiger partial charge in [-0.2, -0.15) is 0 Å². The zero-order chi connectivity index (χ0) is 8.55. The van der Waals surface area contributed by atoms with Crippen LogP contribution in [0.25, 0.3) is 0 Å². The Morgan fingerprint density at radius 1 is 1.75 bits per heavy atom. The summed E-state index contributed by atoms with van der Waals surface area (Å²) in [4.78, 5) is 18.1. The molecule has 4 nitrogen and oxygen atoms in total. The summed E-state index contributed by atoms with van der Waals surface area (Å²) in [6.45, 7) is 0. The van der Waals surface area contributed by atoms with E-state index in [9.17, 15) is 4.79 Å². The molecule has 0 saturated heterocycles. The summed E-state index contributed by atoms with van der Waals surface area (Å²) >= 11 is 0. The highest BCUT2D eigenvalue weighted by atomic mass is 16.1. The number of hydrogen-bond acceptors (Lipinski definition) is 2. The zero-order valence-corrected chi connectivity index (χ0v) is 6.71. The molecule has 3 N–H and O–H groups in total. The van der Waals surface area contributed by atoms with Crippen molar-refractivity contribution in [3.8, 4) is 0 Å². The predicted octanol–water partition coefficient (Wildman–Crippen LogP) is 0.315. The second-order valence-electron chi connectivity index (χ2n) is 3.11. The Morgan fingerprint density at radius 2 is 2.58 bits per heavy atom. The lowest BCUT2D eigenvalue weighted by Crippen LogP contribution is -2.25. The summed E-state index contributed by atoms with van der Waals surface area (Å²) in [7, 11) is 0. The second-order valence-corrected chi connectivity index (χ2v) is 3.11. The van der Waals surface area contributed by atoms with Gasteiger partial charge in [-0.25, -0.2) is 4.98 Å². The number of carbonyl (C=O) groups is 1. The highest BCUT2D eigenvalue weighted by Crippen LogP contribution is 2.28. The maximum Gasteiger partial charge on any atom is 0.226 e. The van der Waals surface area contributed by atoms with Crippen molar-refractivity contribution >= 4 is 5.91 Å². The fraction of sp³-hybridized carbons (Fsp3) is 0.500. The van der Waals surface area contributed by atoms with Crippen LogP contribution in [-0.2, 0) is 11.2 Å². The number of imidazole rings is 1. The van der Waals surface area contributed by atoms with Crippen molar-refractivity contribution in [1.29, 1.82) is 0 Å². The molecule has 0 bridgehead atoms. The molecule has 0 aliphatic heterocycles. The molecule has 0 aromatic carbocycles. The standard InChI is InChI=1S/C8H11N3O/c9-8(12)5-2-1-3-6-7(5)11-4-10-6/h4-5H,1-3H2,(H2,9,12)(H,10,11). The van der Waals surface area contributed by atoms with E-state index in [0.717, 1.165) is 30.7 Å². The van der Waals surface area contributed by atoms with Crippen LogP contribution in [0.15, 0.2) is 6.33 Å². The van der Waals surface area contributed by atoms with Crippen LogP contribution in [0, 0.1) is 0 Å². The van der Waals surface area contributed by atoms with E-state index in [-0.39, 0.29) is 11.8 Å². The maximum absolute atomic E-state index is 11.0. The average molecular weight is 165 g/mol. The number of H-pyrrole nitrogens is 1. The van der Waals surface area contributed by atoms with Crippen LogP contribution in [0.2, 0.25) is 0 Å². The Bertz CT molecular complexity index is 305. The van der Waals surface area contributed by atoms with E-state index >= 15 is 0 Å². The van der Waals surface area contributed by atoms with Gasteiger partial charge in [-0.3, -0.25) is 4.79 Å². The highest BCUT2D eigenvalue weighted by molar-refractivity contribution is 5.81. The SMILES string of the molecule is NC(=O)C1CCCc2[nH]cnc21. The number of rotatable bonds is 1. The van der Waals surface area contributed by atoms with Crippen LogP contribution < -0.4 is 5.73 Å². The number of nitrogens with zero attached hydrogens (tertiary/aromatic N) is 1. The molecule has 64 valence electrons. The molecule has 1 aliphatic carbocycles. The minimum absolute atomic E-state index is 0.167. The van der Waals surface area contributed by atoms with Crippen molar-refractivity contribution < 1.29 is 4.79 Å². The van der Waals surface area contributed by atoms with Gasteiger partial charge in [0, 0.05) is 5.69 Å². The lowest BCUT2D eigenvalue weighted by molar-refractivity contribution is -0.119. The predicted molar refractivity (Wildman–Crippen MR) is 43.5 cm³/mol. The van der Waals surface area contributed by atoms with Gasteiger partial charge < -0.3 is 10.7 Å². The molecule has 4 heteroatoms. The summed E-state index contributed by atoms with van der Waals surface area (Å²) in [5.41, 5.74) is 7.18. The van der Waals surface area contributed by atoms with Gasteiger partial charge in [-0.1, -0.05) is 0 Å². The molecule has 1 amide bonds. The molecule has 1 unspecified atom stereocenters. The lowest BCUT2D eigenvalue weighted by Gasteiger charge is -2.17. The van der Waals surface area contributed by atoms with Gasteiger partial charge in [0.25, 0.3) is 0 Å². The number of amides is 1. The van der Waals surface area contributed by atoms with Crippen LogP contribution in [-0.4, -0.2) is 15.9 Å². The number of hydrogen-bond donors (Lipinski definition) is 2. The van der Waals surface area contributed by atoms with Crippen LogP contribution in [0.5, 0.6) is 0 Å². The number of fused-ring (bicyclic) bond motifs is 1. The van der Waals surface area contributed by atoms with Crippen molar-refractivity contribution in [2.75, 3.05) is 0 Å². The molecular weight excluding hydrogens is 154 g/mol. The van der Waals surface area contributed by atoms with E-state index < -0.39 is 0 Å². The molecule has 1 aromatic heterocycles. The van der Waals surface area contributed by atoms with Crippen molar-refractivity contribution in [3.63, 3.8) is 0 Å². The number of nitrogens with one attached hydrogen (secondary N) is 1. The Morgan fingerprint density at radius 3 is 3.33 bits per heavy atom. The Hall–Kier alpha value is -1.32. The molecule has 0 spiro atoms. The van der Waals surface area contributed by atoms with E-state index in [1.165, 1.54) is 0 Å². The fourth-order valence-electron chi connectivity index (χ4n) is 1.73. The van der Waals surface area contributed by atoms with Gasteiger partial charge in [0.15, 0.2) is 0 Å². The van der Waals surface area contributed by atoms with Gasteiger partial charge >= 0.3 is 0 Å². The minimum Gasteiger partial charge on any atom is -0.369 e. The van der Waals surface area contributed by atoms with Crippen molar-refractivity contribution in [3.05, 3.63) is 17.7 Å². The first kappa shape index (κ1) is 7.34. The molecule has 0 fully saturated rings. The van der Waals surface area contributed by atoms with E-state index in [0.29, 0.717) is 0 Å². The Labute approximate surface area is 70.2 Å². The third-order valence-corrected chi connectivity index (χ3v) is 2.34. The topological polar surface area (TPSA) is 71.8 Å². The molecule has 1 heterocycles. The molecule has 2 rings (SSSR count). The Kier molecular flexibility index (Phi) is 1.60. The number of primary amides is 1. The number of aromatic amines is 1. The molecule has 1 aromatic rings. The third kappa shape index (κ3) is 0.995. The normalized spacial score (nSPS) is 21.8. The molecule has 12 heavy (non-hydrogen) atoms. The number of aromatic nitrogens is 2. The van der Waals surface area contributed by atoms with E-state index in [4.69, 9.17) is 5.73 Å². The monoisotopic (exact) mass is 165 g/mol. The molecule has 0 radical (unpaired) electrons. The first-order chi connectivity index (χ1) is 5.79. The number of nitrogens with two attached hydrogens (primary N) is 1. The van der Waals surface area contributed by atoms with Crippen LogP contribution in [0.4, 0.5) is 0 Å². The molecule has 1 atom stereocenters. The number of carbonyl (C=O) groups excluding carboxylic acids is 1. The highest BCUT2D eigenvalue weighted by Gasteiger charge is 2.26. The molecule has 0 saturated carbocycles. The first-order valence-corrected chi connectivity index (χ1v) is 4.10. The largest absolute Gasteiger partial charge is 0.369 e. The van der Waals surface area contributed by atoms with Crippen molar-refractivity contribution in [2.45, 2.75) is 25.2 Å². The summed E-state index contributed by atoms with van der Waals surface area (Å²) < 4.78 is 0. The Balaban J connectivity index is 2.37. The van der Waals surface area contributed by atoms with E-state index in [2.05, 4.69) is 9.97 Å². The summed E-state index contributed by atoms with van der Waals surface area (Å²) in [5.74, 6) is -0.428. The summed E-state index contributed by atoms with van der Waals surface area (Å²) in [6, 6.07) is 0. The van der Waals surface area contributed by atoms with Gasteiger partial charge in [0.1, 0.15) is 0 Å². The molecule has 1 aliphatic rings. The fourth-order valence-corrected chi connectivity index (χ4v) is 1.73. The van der Waals surface area contributed by atoms with Crippen LogP contribution in [0.3, 0.4) is 0 Å². The minimum atomic E-state index is -0.261. The smallest absolute Gasteiger partial charge is 0.226 e. The van der Waals surface area contributed by atoms with Crippen molar-refractivity contribution in [1.82, 2.24) is 9.97 Å². The van der Waals surface area contributed by atoms with E-state index in [1.54, 1.807) is 6.33 Å². The average Bonchev–Trinajstić information content (AvgIpc) is 2.49. The summed E-state index contributed by atoms with van der Waals surface area (Å²) in [6.07, 6.45) is 4.47. The molecular formula is C8H11N3O. The van der Waals surface area contributed by atoms with E-state index in [1.807, 2.05) is 0 Å². The van der Waals surface area contributed by atoms with Crippen LogP contribution in [0.1, 0.15) is 30.1 Å². The van der Waals surface area contributed by atoms with Gasteiger partial charge in [0.2, 0.25) is 5.91 Å². The van der Waals surface area contributed by atoms with Crippen LogP contribution >= 0.6 is 0 Å². The first-order valence-electron chi connectivity index (χ1n) is 4.10. The van der Waals surface area contributed by atoms with Gasteiger partial charge in [-0.05, 0) is 19.3 Å². The summed E-state index contributed by atoms with van der Waals surface area (Å²) in [5, 5.41) is 0. The number of aryl methyl sites for hydroxylation is 1. The van der Waals surface area contributed by atoms with Gasteiger partial charge in [0.05, 0.1) is 17.9 Å². The zero-order valence-electron chi connectivity index (χ0n) is 6.71. The third-order valence-electron chi connectivity index (χ3n) is 2.34. The van der Waals surface area contributed by atoms with Gasteiger partial charge in [-0.15, -0.1) is 0 Å². The second kappa shape index (κ2) is 2.62.